The standard InChI is InChI=1S/C15H12O6S2.Cs/c1-21-23(19,20)15-13-9-11-5-3-2-4-10(11)8-12(13)6-7-14(15)22(16,17)18;/h2-9H,1H3,(H,16,17,18);/q;+1/p-1. The van der Waals surface area contributed by atoms with Crippen LogP contribution in [0.5, 0.6) is 0 Å². The first-order valence-corrected chi connectivity index (χ1v) is 9.28. The van der Waals surface area contributed by atoms with E-state index >= 15 is 0 Å². The van der Waals surface area contributed by atoms with E-state index in [0.29, 0.717) is 10.8 Å². The molecule has 0 atom stereocenters. The largest absolute Gasteiger partial charge is 1.00 e. The molecule has 6 nitrogen and oxygen atoms in total. The molecule has 0 aromatic heterocycles. The molecule has 0 unspecified atom stereocenters. The number of hydrogen-bond acceptors (Lipinski definition) is 6. The maximum atomic E-state index is 12.2. The predicted octanol–water partition coefficient (Wildman–Crippen LogP) is -0.764. The van der Waals surface area contributed by atoms with E-state index in [1.54, 1.807) is 18.2 Å². The third-order valence-electron chi connectivity index (χ3n) is 3.54. The maximum absolute atomic E-state index is 12.2. The SMILES string of the molecule is COS(=O)(=O)c1c(S(=O)(=O)[O-])ccc2cc3ccccc3cc12.[Cs+]. The third-order valence-corrected chi connectivity index (χ3v) is 5.93. The van der Waals surface area contributed by atoms with Crippen LogP contribution < -0.4 is 68.9 Å². The van der Waals surface area contributed by atoms with Crippen molar-refractivity contribution in [2.75, 3.05) is 7.11 Å². The zero-order valence-corrected chi connectivity index (χ0v) is 20.8. The molecule has 0 saturated heterocycles. The minimum Gasteiger partial charge on any atom is -0.744 e. The monoisotopic (exact) mass is 484 g/mol. The summed E-state index contributed by atoms with van der Waals surface area (Å²) in [4.78, 5) is -1.44. The van der Waals surface area contributed by atoms with Crippen molar-refractivity contribution in [3.05, 3.63) is 48.5 Å². The van der Waals surface area contributed by atoms with Gasteiger partial charge < -0.3 is 4.55 Å². The van der Waals surface area contributed by atoms with E-state index < -0.39 is 30.0 Å². The van der Waals surface area contributed by atoms with Crippen LogP contribution in [0.3, 0.4) is 0 Å². The van der Waals surface area contributed by atoms with Gasteiger partial charge in [0.2, 0.25) is 0 Å². The number of hydrogen-bond donors (Lipinski definition) is 0. The van der Waals surface area contributed by atoms with Crippen LogP contribution in [0.1, 0.15) is 0 Å². The van der Waals surface area contributed by atoms with E-state index in [0.717, 1.165) is 18.6 Å². The van der Waals surface area contributed by atoms with Gasteiger partial charge in [-0.15, -0.1) is 0 Å². The minimum absolute atomic E-state index is 0. The normalized spacial score (nSPS) is 12.2. The third kappa shape index (κ3) is 3.75. The van der Waals surface area contributed by atoms with Gasteiger partial charge in [0.25, 0.3) is 10.1 Å². The van der Waals surface area contributed by atoms with Crippen molar-refractivity contribution < 1.29 is 94.5 Å². The molecule has 3 aromatic rings. The predicted molar refractivity (Wildman–Crippen MR) is 83.6 cm³/mol. The van der Waals surface area contributed by atoms with E-state index in [-0.39, 0.29) is 74.3 Å². The summed E-state index contributed by atoms with van der Waals surface area (Å²) in [5.41, 5.74) is 0. The molecule has 120 valence electrons. The molecule has 0 heterocycles. The topological polar surface area (TPSA) is 101 Å². The van der Waals surface area contributed by atoms with Crippen molar-refractivity contribution in [3.8, 4) is 0 Å². The summed E-state index contributed by atoms with van der Waals surface area (Å²) >= 11 is 0. The Hall–Kier alpha value is 0.0519. The smallest absolute Gasteiger partial charge is 0.744 e. The summed E-state index contributed by atoms with van der Waals surface area (Å²) in [6.07, 6.45) is 0. The Morgan fingerprint density at radius 1 is 0.875 bits per heavy atom. The van der Waals surface area contributed by atoms with Gasteiger partial charge in [0.1, 0.15) is 15.0 Å². The second kappa shape index (κ2) is 7.35. The van der Waals surface area contributed by atoms with E-state index in [2.05, 4.69) is 4.18 Å². The van der Waals surface area contributed by atoms with Crippen molar-refractivity contribution in [2.45, 2.75) is 9.79 Å². The quantitative estimate of drug-likeness (QED) is 0.275. The Morgan fingerprint density at radius 2 is 1.46 bits per heavy atom. The second-order valence-electron chi connectivity index (χ2n) is 4.89. The molecular formula is C15H11CsO6S2. The average Bonchev–Trinajstić information content (AvgIpc) is 2.50. The first-order valence-electron chi connectivity index (χ1n) is 6.46. The van der Waals surface area contributed by atoms with Gasteiger partial charge in [0.15, 0.2) is 0 Å². The Balaban J connectivity index is 0.00000208. The molecule has 24 heavy (non-hydrogen) atoms. The fourth-order valence-electron chi connectivity index (χ4n) is 2.50. The molecule has 0 N–H and O–H groups in total. The summed E-state index contributed by atoms with van der Waals surface area (Å²) in [7, 11) is -8.45. The first kappa shape index (κ1) is 20.4. The Bertz CT molecular complexity index is 1140. The van der Waals surface area contributed by atoms with E-state index in [4.69, 9.17) is 0 Å². The summed E-state index contributed by atoms with van der Waals surface area (Å²) in [5, 5.41) is 2.20. The molecule has 0 fully saturated rings. The number of rotatable bonds is 3. The molecule has 0 aliphatic heterocycles. The van der Waals surface area contributed by atoms with Gasteiger partial charge in [-0.1, -0.05) is 30.3 Å². The van der Waals surface area contributed by atoms with Crippen LogP contribution in [-0.2, 0) is 24.4 Å². The average molecular weight is 484 g/mol. The van der Waals surface area contributed by atoms with Crippen LogP contribution in [0.4, 0.5) is 0 Å². The molecule has 0 amide bonds. The molecule has 0 aliphatic rings. The molecule has 9 heteroatoms. The van der Waals surface area contributed by atoms with Crippen LogP contribution >= 0.6 is 0 Å². The fourth-order valence-corrected chi connectivity index (χ4v) is 4.62. The molecule has 0 spiro atoms. The zero-order chi connectivity index (χ0) is 16.8. The first-order chi connectivity index (χ1) is 10.7. The number of benzene rings is 3. The Labute approximate surface area is 198 Å². The van der Waals surface area contributed by atoms with Gasteiger partial charge in [0, 0.05) is 5.39 Å². The van der Waals surface area contributed by atoms with Crippen LogP contribution in [0.25, 0.3) is 21.5 Å². The van der Waals surface area contributed by atoms with Crippen molar-refractivity contribution >= 4 is 41.8 Å². The Kier molecular flexibility index (Phi) is 6.24. The van der Waals surface area contributed by atoms with E-state index in [1.165, 1.54) is 12.1 Å². The molecule has 0 bridgehead atoms. The van der Waals surface area contributed by atoms with Gasteiger partial charge in [-0.3, -0.25) is 4.18 Å². The number of fused-ring (bicyclic) bond motifs is 2. The minimum atomic E-state index is -4.98. The van der Waals surface area contributed by atoms with Crippen molar-refractivity contribution in [2.24, 2.45) is 0 Å². The van der Waals surface area contributed by atoms with Crippen molar-refractivity contribution in [3.63, 3.8) is 0 Å². The fraction of sp³-hybridized carbons (Fsp3) is 0.0667. The van der Waals surface area contributed by atoms with Crippen LogP contribution in [0.15, 0.2) is 58.3 Å². The summed E-state index contributed by atoms with van der Waals surface area (Å²) in [5.74, 6) is 0. The molecule has 3 rings (SSSR count). The molecular weight excluding hydrogens is 473 g/mol. The van der Waals surface area contributed by atoms with Gasteiger partial charge in [-0.2, -0.15) is 8.42 Å². The van der Waals surface area contributed by atoms with Gasteiger partial charge in [0.05, 0.1) is 12.0 Å². The van der Waals surface area contributed by atoms with Gasteiger partial charge in [-0.05, 0) is 34.4 Å². The second-order valence-corrected chi connectivity index (χ2v) is 7.89. The maximum Gasteiger partial charge on any atom is 1.00 e. The summed E-state index contributed by atoms with van der Waals surface area (Å²) in [6, 6.07) is 12.9. The Morgan fingerprint density at radius 3 is 2.00 bits per heavy atom. The van der Waals surface area contributed by atoms with E-state index in [9.17, 15) is 21.4 Å². The van der Waals surface area contributed by atoms with Crippen LogP contribution in [0.2, 0.25) is 0 Å². The summed E-state index contributed by atoms with van der Waals surface area (Å²) in [6.45, 7) is 0. The molecule has 0 radical (unpaired) electrons. The molecule has 3 aromatic carbocycles. The van der Waals surface area contributed by atoms with E-state index in [1.807, 2.05) is 12.1 Å². The van der Waals surface area contributed by atoms with Crippen molar-refractivity contribution in [1.29, 1.82) is 0 Å². The zero-order valence-electron chi connectivity index (χ0n) is 12.9. The van der Waals surface area contributed by atoms with Crippen LogP contribution in [-0.4, -0.2) is 28.5 Å². The van der Waals surface area contributed by atoms with Gasteiger partial charge >= 0.3 is 68.9 Å². The van der Waals surface area contributed by atoms with Crippen LogP contribution in [0, 0.1) is 0 Å². The van der Waals surface area contributed by atoms with Crippen molar-refractivity contribution in [1.82, 2.24) is 0 Å². The van der Waals surface area contributed by atoms with Gasteiger partial charge in [-0.25, -0.2) is 8.42 Å². The molecule has 0 saturated carbocycles. The molecule has 0 aliphatic carbocycles. The summed E-state index contributed by atoms with van der Waals surface area (Å²) < 4.78 is 63.2.